The fraction of sp³-hybridized carbons (Fsp3) is 0.667. The normalized spacial score (nSPS) is 31.3. The van der Waals surface area contributed by atoms with E-state index in [1.54, 1.807) is 0 Å². The summed E-state index contributed by atoms with van der Waals surface area (Å²) in [6.07, 6.45) is 9.51. The molecule has 2 N–H and O–H groups in total. The summed E-state index contributed by atoms with van der Waals surface area (Å²) >= 11 is 0. The van der Waals surface area contributed by atoms with Crippen LogP contribution >= 0.6 is 0 Å². The van der Waals surface area contributed by atoms with Crippen molar-refractivity contribution >= 4 is 11.9 Å². The van der Waals surface area contributed by atoms with E-state index in [2.05, 4.69) is 44.4 Å². The predicted molar refractivity (Wildman–Crippen MR) is 111 cm³/mol. The first-order valence-corrected chi connectivity index (χ1v) is 11.2. The van der Waals surface area contributed by atoms with Crippen molar-refractivity contribution < 1.29 is 29.4 Å². The van der Waals surface area contributed by atoms with Crippen LogP contribution in [0.3, 0.4) is 0 Å². The number of hydrogen-bond acceptors (Lipinski definition) is 4. The lowest BCUT2D eigenvalue weighted by Crippen LogP contribution is -3.05. The topological polar surface area (TPSA) is 91.1 Å². The molecule has 0 amide bonds. The van der Waals surface area contributed by atoms with Crippen LogP contribution in [0.1, 0.15) is 44.1 Å². The molecule has 30 heavy (non-hydrogen) atoms. The highest BCUT2D eigenvalue weighted by molar-refractivity contribution is 6.26. The molecule has 0 aromatic heterocycles. The van der Waals surface area contributed by atoms with Crippen molar-refractivity contribution in [3.8, 4) is 0 Å². The third kappa shape index (κ3) is 5.22. The highest BCUT2D eigenvalue weighted by atomic mass is 16.5. The third-order valence-electron chi connectivity index (χ3n) is 7.32. The molecular weight excluding hydrogens is 382 g/mol. The van der Waals surface area contributed by atoms with Crippen LogP contribution in [0.25, 0.3) is 0 Å². The molecule has 166 valence electrons. The molecule has 0 aliphatic heterocycles. The van der Waals surface area contributed by atoms with E-state index in [4.69, 9.17) is 24.5 Å². The van der Waals surface area contributed by atoms with E-state index in [0.29, 0.717) is 0 Å². The Labute approximate surface area is 179 Å². The van der Waals surface area contributed by atoms with Gasteiger partial charge in [0, 0.05) is 12.8 Å². The second-order valence-electron chi connectivity index (χ2n) is 9.54. The van der Waals surface area contributed by atoms with Crippen LogP contribution in [0.15, 0.2) is 30.3 Å². The van der Waals surface area contributed by atoms with Crippen LogP contribution in [-0.4, -0.2) is 49.9 Å². The van der Waals surface area contributed by atoms with Crippen LogP contribution < -0.4 is 10.0 Å². The summed E-state index contributed by atoms with van der Waals surface area (Å²) in [6, 6.07) is 11.1. The summed E-state index contributed by atoms with van der Waals surface area (Å²) in [4.78, 5) is 19.6. The Bertz CT molecular complexity index is 710. The first kappa shape index (κ1) is 22.8. The molecule has 0 spiro atoms. The number of aliphatic carboxylic acids is 2. The molecule has 4 rings (SSSR count). The van der Waals surface area contributed by atoms with Crippen LogP contribution in [-0.2, 0) is 20.7 Å². The minimum atomic E-state index is -2.07. The Morgan fingerprint density at radius 2 is 1.87 bits per heavy atom. The molecule has 0 heterocycles. The van der Waals surface area contributed by atoms with Gasteiger partial charge in [-0.3, -0.25) is 0 Å². The molecule has 0 radical (unpaired) electrons. The molecule has 3 fully saturated rings. The van der Waals surface area contributed by atoms with Crippen LogP contribution in [0.2, 0.25) is 0 Å². The Morgan fingerprint density at radius 1 is 1.20 bits per heavy atom. The first-order valence-electron chi connectivity index (χ1n) is 11.2. The molecule has 6 heteroatoms. The lowest BCUT2D eigenvalue weighted by Gasteiger charge is -2.43. The Balaban J connectivity index is 0.000000377. The number of ether oxygens (including phenoxy) is 1. The summed E-state index contributed by atoms with van der Waals surface area (Å²) in [5, 5.41) is 16.3. The van der Waals surface area contributed by atoms with Gasteiger partial charge in [-0.1, -0.05) is 36.8 Å². The largest absolute Gasteiger partial charge is 0.539 e. The molecule has 1 aromatic rings. The van der Waals surface area contributed by atoms with E-state index in [1.807, 2.05) is 0 Å². The Kier molecular flexibility index (Phi) is 7.53. The van der Waals surface area contributed by atoms with Crippen LogP contribution in [0.4, 0.5) is 0 Å². The zero-order valence-corrected chi connectivity index (χ0v) is 18.1. The van der Waals surface area contributed by atoms with Gasteiger partial charge in [-0.05, 0) is 54.9 Å². The Morgan fingerprint density at radius 3 is 2.50 bits per heavy atom. The van der Waals surface area contributed by atoms with Crippen LogP contribution in [0, 0.1) is 23.7 Å². The molecular formula is C24H35NO5. The van der Waals surface area contributed by atoms with E-state index in [1.165, 1.54) is 55.5 Å². The van der Waals surface area contributed by atoms with Gasteiger partial charge in [0.1, 0.15) is 0 Å². The van der Waals surface area contributed by atoms with Crippen molar-refractivity contribution in [3.63, 3.8) is 0 Å². The minimum Gasteiger partial charge on any atom is -0.539 e. The molecule has 3 aliphatic carbocycles. The number of carboxylic acid groups (broad SMARTS) is 2. The van der Waals surface area contributed by atoms with Gasteiger partial charge in [0.2, 0.25) is 0 Å². The summed E-state index contributed by atoms with van der Waals surface area (Å²) in [5.74, 6) is -0.238. The van der Waals surface area contributed by atoms with Gasteiger partial charge < -0.3 is 24.6 Å². The molecule has 5 unspecified atom stereocenters. The highest BCUT2D eigenvalue weighted by Gasteiger charge is 2.61. The average molecular weight is 418 g/mol. The Hall–Kier alpha value is -1.92. The van der Waals surface area contributed by atoms with Gasteiger partial charge in [-0.2, -0.15) is 0 Å². The first-order chi connectivity index (χ1) is 14.3. The number of nitrogens with one attached hydrogen (secondary N) is 1. The van der Waals surface area contributed by atoms with E-state index in [-0.39, 0.29) is 5.60 Å². The fourth-order valence-electron chi connectivity index (χ4n) is 6.28. The van der Waals surface area contributed by atoms with Crippen molar-refractivity contribution in [2.24, 2.45) is 23.7 Å². The van der Waals surface area contributed by atoms with E-state index in [0.717, 1.165) is 36.7 Å². The van der Waals surface area contributed by atoms with Gasteiger partial charge >= 0.3 is 5.97 Å². The molecule has 6 nitrogen and oxygen atoms in total. The van der Waals surface area contributed by atoms with Gasteiger partial charge in [-0.25, -0.2) is 4.79 Å². The third-order valence-corrected chi connectivity index (χ3v) is 7.32. The maximum atomic E-state index is 9.04. The van der Waals surface area contributed by atoms with Crippen molar-refractivity contribution in [1.29, 1.82) is 0 Å². The van der Waals surface area contributed by atoms with Crippen molar-refractivity contribution in [3.05, 3.63) is 35.9 Å². The van der Waals surface area contributed by atoms with E-state index >= 15 is 0 Å². The standard InChI is InChI=1S/C22H33NO.C2H2O4/c1-23(2)12-7-13-24-22(15-17-8-4-3-5-9-17)16-18-14-21(22)20-11-6-10-19(18)20;3-1(4)2(5)6/h3-5,8-9,18-21H,6-7,10-16H2,1-2H3;(H,3,4)(H,5,6). The second-order valence-corrected chi connectivity index (χ2v) is 9.54. The number of carbonyl (C=O) groups is 2. The smallest absolute Gasteiger partial charge is 0.351 e. The molecule has 3 aliphatic rings. The van der Waals surface area contributed by atoms with Gasteiger partial charge in [0.15, 0.2) is 5.97 Å². The number of quaternary nitrogens is 1. The number of rotatable bonds is 7. The number of carbonyl (C=O) groups excluding carboxylic acids is 1. The monoisotopic (exact) mass is 417 g/mol. The quantitative estimate of drug-likeness (QED) is 0.506. The summed E-state index contributed by atoms with van der Waals surface area (Å²) in [7, 11) is 4.47. The lowest BCUT2D eigenvalue weighted by atomic mass is 9.70. The number of benzene rings is 1. The maximum absolute atomic E-state index is 9.04. The summed E-state index contributed by atoms with van der Waals surface area (Å²) < 4.78 is 6.77. The lowest BCUT2D eigenvalue weighted by molar-refractivity contribution is -0.858. The van der Waals surface area contributed by atoms with Crippen molar-refractivity contribution in [2.45, 2.75) is 50.5 Å². The van der Waals surface area contributed by atoms with E-state index in [9.17, 15) is 0 Å². The number of carboxylic acids is 2. The SMILES string of the molecule is C[NH+](C)CCCOC1(Cc2ccccc2)CC2CC1C1CCCC21.O=C([O-])C(=O)O. The molecule has 0 saturated heterocycles. The summed E-state index contributed by atoms with van der Waals surface area (Å²) in [5.41, 5.74) is 1.61. The molecule has 1 aromatic carbocycles. The fourth-order valence-corrected chi connectivity index (χ4v) is 6.28. The predicted octanol–water partition coefficient (Wildman–Crippen LogP) is 0.796. The second kappa shape index (κ2) is 9.92. The van der Waals surface area contributed by atoms with E-state index < -0.39 is 11.9 Å². The average Bonchev–Trinajstić information content (AvgIpc) is 3.39. The molecule has 5 atom stereocenters. The molecule has 2 bridgehead atoms. The summed E-state index contributed by atoms with van der Waals surface area (Å²) in [6.45, 7) is 2.15. The van der Waals surface area contributed by atoms with Gasteiger partial charge in [0.25, 0.3) is 0 Å². The van der Waals surface area contributed by atoms with Gasteiger partial charge in [-0.15, -0.1) is 0 Å². The maximum Gasteiger partial charge on any atom is 0.351 e. The number of fused-ring (bicyclic) bond motifs is 5. The van der Waals surface area contributed by atoms with Crippen molar-refractivity contribution in [1.82, 2.24) is 0 Å². The highest BCUT2D eigenvalue weighted by Crippen LogP contribution is 2.64. The zero-order valence-electron chi connectivity index (χ0n) is 18.1. The van der Waals surface area contributed by atoms with Gasteiger partial charge in [0.05, 0.1) is 32.8 Å². The zero-order chi connectivity index (χ0) is 21.7. The number of hydrogen-bond donors (Lipinski definition) is 2. The van der Waals surface area contributed by atoms with Crippen molar-refractivity contribution in [2.75, 3.05) is 27.2 Å². The molecule has 3 saturated carbocycles. The van der Waals surface area contributed by atoms with Crippen LogP contribution in [0.5, 0.6) is 0 Å². The minimum absolute atomic E-state index is 0.138.